The first-order chi connectivity index (χ1) is 11.7. The lowest BCUT2D eigenvalue weighted by atomic mass is 10.0. The fourth-order valence-corrected chi connectivity index (χ4v) is 3.08. The van der Waals surface area contributed by atoms with Gasteiger partial charge in [-0.05, 0) is 43.4 Å². The lowest BCUT2D eigenvalue weighted by molar-refractivity contribution is 0.406. The summed E-state index contributed by atoms with van der Waals surface area (Å²) in [6, 6.07) is 14.6. The standard InChI is InChI=1S/C20H23N3O/c1-15-11-16(2)20(24-3)18(12-15)9-10-19-14-23(22-21-19)13-17-7-5-4-6-8-17/h4-8,11-12,14H,9-10,13H2,1-3H3. The second-order valence-corrected chi connectivity index (χ2v) is 6.17. The van der Waals surface area contributed by atoms with E-state index in [1.54, 1.807) is 7.11 Å². The van der Waals surface area contributed by atoms with Gasteiger partial charge in [-0.3, -0.25) is 0 Å². The molecule has 0 amide bonds. The van der Waals surface area contributed by atoms with Crippen molar-refractivity contribution in [3.05, 3.63) is 76.6 Å². The van der Waals surface area contributed by atoms with Crippen LogP contribution in [-0.2, 0) is 19.4 Å². The Kier molecular flexibility index (Phi) is 4.94. The van der Waals surface area contributed by atoms with Crippen molar-refractivity contribution in [3.8, 4) is 5.75 Å². The lowest BCUT2D eigenvalue weighted by Gasteiger charge is -2.12. The van der Waals surface area contributed by atoms with E-state index in [9.17, 15) is 0 Å². The molecule has 1 aromatic heterocycles. The molecule has 0 saturated carbocycles. The van der Waals surface area contributed by atoms with E-state index in [2.05, 4.69) is 48.4 Å². The Bertz CT molecular complexity index is 809. The first-order valence-electron chi connectivity index (χ1n) is 8.23. The van der Waals surface area contributed by atoms with E-state index >= 15 is 0 Å². The number of hydrogen-bond acceptors (Lipinski definition) is 3. The SMILES string of the molecule is COc1c(C)cc(C)cc1CCc1cn(Cc2ccccc2)nn1. The number of aryl methyl sites for hydroxylation is 4. The zero-order valence-electron chi connectivity index (χ0n) is 14.5. The molecule has 0 N–H and O–H groups in total. The Balaban J connectivity index is 1.68. The second kappa shape index (κ2) is 7.30. The van der Waals surface area contributed by atoms with Crippen molar-refractivity contribution in [1.82, 2.24) is 15.0 Å². The molecule has 1 heterocycles. The molecular formula is C20H23N3O. The Morgan fingerprint density at radius 1 is 1.04 bits per heavy atom. The molecule has 0 radical (unpaired) electrons. The molecule has 0 aliphatic rings. The monoisotopic (exact) mass is 321 g/mol. The third-order valence-corrected chi connectivity index (χ3v) is 4.12. The molecule has 4 heteroatoms. The maximum absolute atomic E-state index is 5.56. The minimum Gasteiger partial charge on any atom is -0.496 e. The molecule has 0 unspecified atom stereocenters. The van der Waals surface area contributed by atoms with Gasteiger partial charge in [0.15, 0.2) is 0 Å². The molecule has 24 heavy (non-hydrogen) atoms. The summed E-state index contributed by atoms with van der Waals surface area (Å²) < 4.78 is 7.45. The number of methoxy groups -OCH3 is 1. The van der Waals surface area contributed by atoms with Crippen LogP contribution < -0.4 is 4.74 Å². The summed E-state index contributed by atoms with van der Waals surface area (Å²) in [5, 5.41) is 8.54. The minimum atomic E-state index is 0.751. The highest BCUT2D eigenvalue weighted by Crippen LogP contribution is 2.26. The van der Waals surface area contributed by atoms with Gasteiger partial charge in [0.1, 0.15) is 5.75 Å². The van der Waals surface area contributed by atoms with Crippen LogP contribution in [0.3, 0.4) is 0 Å². The van der Waals surface area contributed by atoms with Crippen molar-refractivity contribution in [2.45, 2.75) is 33.2 Å². The summed E-state index contributed by atoms with van der Waals surface area (Å²) in [5.74, 6) is 0.984. The van der Waals surface area contributed by atoms with E-state index in [1.165, 1.54) is 22.3 Å². The first kappa shape index (κ1) is 16.2. The quantitative estimate of drug-likeness (QED) is 0.694. The third-order valence-electron chi connectivity index (χ3n) is 4.12. The van der Waals surface area contributed by atoms with Crippen LogP contribution in [0.25, 0.3) is 0 Å². The second-order valence-electron chi connectivity index (χ2n) is 6.17. The molecule has 0 atom stereocenters. The Labute approximate surface area is 143 Å². The van der Waals surface area contributed by atoms with Crippen molar-refractivity contribution >= 4 is 0 Å². The van der Waals surface area contributed by atoms with E-state index < -0.39 is 0 Å². The van der Waals surface area contributed by atoms with E-state index in [1.807, 2.05) is 29.1 Å². The molecule has 0 bridgehead atoms. The van der Waals surface area contributed by atoms with Crippen molar-refractivity contribution in [1.29, 1.82) is 0 Å². The van der Waals surface area contributed by atoms with E-state index in [-0.39, 0.29) is 0 Å². The smallest absolute Gasteiger partial charge is 0.124 e. The van der Waals surface area contributed by atoms with E-state index in [4.69, 9.17) is 4.74 Å². The largest absolute Gasteiger partial charge is 0.496 e. The molecule has 124 valence electrons. The Hall–Kier alpha value is -2.62. The summed E-state index contributed by atoms with van der Waals surface area (Å²) in [6.45, 7) is 4.96. The maximum atomic E-state index is 5.56. The van der Waals surface area contributed by atoms with Crippen molar-refractivity contribution < 1.29 is 4.74 Å². The van der Waals surface area contributed by atoms with Gasteiger partial charge < -0.3 is 4.74 Å². The van der Waals surface area contributed by atoms with Gasteiger partial charge in [-0.1, -0.05) is 53.2 Å². The average molecular weight is 321 g/mol. The summed E-state index contributed by atoms with van der Waals surface area (Å²) >= 11 is 0. The molecule has 0 saturated heterocycles. The van der Waals surface area contributed by atoms with Crippen molar-refractivity contribution in [2.24, 2.45) is 0 Å². The molecule has 3 rings (SSSR count). The molecule has 0 fully saturated rings. The van der Waals surface area contributed by atoms with Gasteiger partial charge >= 0.3 is 0 Å². The zero-order valence-corrected chi connectivity index (χ0v) is 14.5. The van der Waals surface area contributed by atoms with Crippen LogP contribution in [-0.4, -0.2) is 22.1 Å². The summed E-state index contributed by atoms with van der Waals surface area (Å²) in [7, 11) is 1.73. The van der Waals surface area contributed by atoms with Crippen molar-refractivity contribution in [3.63, 3.8) is 0 Å². The number of ether oxygens (including phenoxy) is 1. The predicted octanol–water partition coefficient (Wildman–Crippen LogP) is 3.74. The van der Waals surface area contributed by atoms with E-state index in [0.29, 0.717) is 0 Å². The molecule has 3 aromatic rings. The highest BCUT2D eigenvalue weighted by molar-refractivity contribution is 5.44. The number of rotatable bonds is 6. The van der Waals surface area contributed by atoms with Crippen molar-refractivity contribution in [2.75, 3.05) is 7.11 Å². The number of aromatic nitrogens is 3. The highest BCUT2D eigenvalue weighted by atomic mass is 16.5. The molecule has 4 nitrogen and oxygen atoms in total. The van der Waals surface area contributed by atoms with Gasteiger partial charge in [0.2, 0.25) is 0 Å². The molecule has 0 aliphatic heterocycles. The lowest BCUT2D eigenvalue weighted by Crippen LogP contribution is -2.00. The van der Waals surface area contributed by atoms with Gasteiger partial charge in [0, 0.05) is 6.20 Å². The van der Waals surface area contributed by atoms with Gasteiger partial charge in [-0.2, -0.15) is 0 Å². The summed E-state index contributed by atoms with van der Waals surface area (Å²) in [5.41, 5.74) is 5.90. The molecule has 0 spiro atoms. The van der Waals surface area contributed by atoms with Crippen LogP contribution in [0.15, 0.2) is 48.7 Å². The van der Waals surface area contributed by atoms with Crippen LogP contribution in [0, 0.1) is 13.8 Å². The third kappa shape index (κ3) is 3.82. The molecular weight excluding hydrogens is 298 g/mol. The number of benzene rings is 2. The van der Waals surface area contributed by atoms with Gasteiger partial charge in [-0.25, -0.2) is 4.68 Å². The number of hydrogen-bond donors (Lipinski definition) is 0. The van der Waals surface area contributed by atoms with Gasteiger partial charge in [0.25, 0.3) is 0 Å². The van der Waals surface area contributed by atoms with Crippen LogP contribution >= 0.6 is 0 Å². The van der Waals surface area contributed by atoms with Crippen LogP contribution in [0.2, 0.25) is 0 Å². The first-order valence-corrected chi connectivity index (χ1v) is 8.23. The number of nitrogens with zero attached hydrogens (tertiary/aromatic N) is 3. The highest BCUT2D eigenvalue weighted by Gasteiger charge is 2.09. The molecule has 2 aromatic carbocycles. The van der Waals surface area contributed by atoms with E-state index in [0.717, 1.165) is 30.8 Å². The molecule has 0 aliphatic carbocycles. The van der Waals surface area contributed by atoms with Crippen LogP contribution in [0.5, 0.6) is 5.75 Å². The van der Waals surface area contributed by atoms with Crippen LogP contribution in [0.1, 0.15) is 27.9 Å². The minimum absolute atomic E-state index is 0.751. The maximum Gasteiger partial charge on any atom is 0.124 e. The zero-order chi connectivity index (χ0) is 16.9. The predicted molar refractivity (Wildman–Crippen MR) is 95.4 cm³/mol. The fraction of sp³-hybridized carbons (Fsp3) is 0.300. The average Bonchev–Trinajstić information content (AvgIpc) is 3.01. The Morgan fingerprint density at radius 3 is 2.58 bits per heavy atom. The summed E-state index contributed by atoms with van der Waals surface area (Å²) in [4.78, 5) is 0. The van der Waals surface area contributed by atoms with Gasteiger partial charge in [0.05, 0.1) is 19.3 Å². The van der Waals surface area contributed by atoms with Crippen LogP contribution in [0.4, 0.5) is 0 Å². The fourth-order valence-electron chi connectivity index (χ4n) is 3.08. The van der Waals surface area contributed by atoms with Gasteiger partial charge in [-0.15, -0.1) is 5.10 Å². The normalized spacial score (nSPS) is 10.8. The summed E-state index contributed by atoms with van der Waals surface area (Å²) in [6.07, 6.45) is 3.78. The topological polar surface area (TPSA) is 39.9 Å². The Morgan fingerprint density at radius 2 is 1.83 bits per heavy atom.